The molecule has 0 aromatic heterocycles. The zero-order valence-electron chi connectivity index (χ0n) is 13.1. The van der Waals surface area contributed by atoms with Gasteiger partial charge in [-0.2, -0.15) is 0 Å². The monoisotopic (exact) mass is 274 g/mol. The number of amides is 1. The Labute approximate surface area is 122 Å². The van der Waals surface area contributed by atoms with E-state index in [2.05, 4.69) is 19.1 Å². The molecule has 3 heteroatoms. The van der Waals surface area contributed by atoms with Crippen molar-refractivity contribution in [3.05, 3.63) is 34.4 Å². The first-order valence-electron chi connectivity index (χ1n) is 7.50. The molecule has 1 fully saturated rings. The molecule has 20 heavy (non-hydrogen) atoms. The maximum atomic E-state index is 12.8. The van der Waals surface area contributed by atoms with E-state index in [1.165, 1.54) is 12.0 Å². The van der Waals surface area contributed by atoms with Gasteiger partial charge < -0.3 is 10.6 Å². The van der Waals surface area contributed by atoms with Gasteiger partial charge >= 0.3 is 0 Å². The Morgan fingerprint density at radius 2 is 1.85 bits per heavy atom. The minimum absolute atomic E-state index is 0.144. The maximum absolute atomic E-state index is 12.8. The molecule has 1 aliphatic rings. The Balaban J connectivity index is 2.27. The minimum atomic E-state index is 0.144. The molecule has 0 radical (unpaired) electrons. The molecule has 0 heterocycles. The minimum Gasteiger partial charge on any atom is -0.338 e. The molecule has 1 saturated carbocycles. The van der Waals surface area contributed by atoms with Crippen molar-refractivity contribution in [1.82, 2.24) is 4.90 Å². The van der Waals surface area contributed by atoms with Gasteiger partial charge in [0.2, 0.25) is 0 Å². The Hall–Kier alpha value is -1.35. The van der Waals surface area contributed by atoms with Crippen LogP contribution in [-0.4, -0.2) is 30.4 Å². The van der Waals surface area contributed by atoms with E-state index in [0.29, 0.717) is 18.5 Å². The van der Waals surface area contributed by atoms with Crippen molar-refractivity contribution in [2.24, 2.45) is 11.7 Å². The van der Waals surface area contributed by atoms with Crippen LogP contribution in [0, 0.1) is 26.7 Å². The summed E-state index contributed by atoms with van der Waals surface area (Å²) >= 11 is 0. The number of benzene rings is 1. The van der Waals surface area contributed by atoms with E-state index in [9.17, 15) is 4.79 Å². The summed E-state index contributed by atoms with van der Waals surface area (Å²) in [7, 11) is 1.93. The molecule has 110 valence electrons. The molecule has 3 nitrogen and oxygen atoms in total. The highest BCUT2D eigenvalue weighted by Crippen LogP contribution is 2.30. The second-order valence-electron chi connectivity index (χ2n) is 6.18. The highest BCUT2D eigenvalue weighted by molar-refractivity contribution is 5.97. The smallest absolute Gasteiger partial charge is 0.254 e. The molecule has 2 N–H and O–H groups in total. The molecule has 0 spiro atoms. The first-order valence-corrected chi connectivity index (χ1v) is 7.50. The third-order valence-corrected chi connectivity index (χ3v) is 4.63. The van der Waals surface area contributed by atoms with Crippen molar-refractivity contribution in [3.63, 3.8) is 0 Å². The third-order valence-electron chi connectivity index (χ3n) is 4.63. The highest BCUT2D eigenvalue weighted by atomic mass is 16.2. The van der Waals surface area contributed by atoms with Crippen molar-refractivity contribution in [2.75, 3.05) is 13.6 Å². The first-order chi connectivity index (χ1) is 9.45. The zero-order valence-corrected chi connectivity index (χ0v) is 13.1. The molecular weight excluding hydrogens is 248 g/mol. The van der Waals surface area contributed by atoms with E-state index in [4.69, 9.17) is 5.73 Å². The second-order valence-corrected chi connectivity index (χ2v) is 6.18. The first kappa shape index (κ1) is 15.0. The molecule has 1 aromatic carbocycles. The molecule has 1 amide bonds. The van der Waals surface area contributed by atoms with E-state index in [0.717, 1.165) is 29.5 Å². The SMILES string of the molecule is Cc1cc(C)c(C(=O)N(C)C2CCCC2CN)c(C)c1. The summed E-state index contributed by atoms with van der Waals surface area (Å²) in [5.74, 6) is 0.598. The average molecular weight is 274 g/mol. The van der Waals surface area contributed by atoms with E-state index >= 15 is 0 Å². The van der Waals surface area contributed by atoms with Crippen LogP contribution in [0.2, 0.25) is 0 Å². The van der Waals surface area contributed by atoms with E-state index in [1.54, 1.807) is 0 Å². The van der Waals surface area contributed by atoms with Gasteiger partial charge in [-0.25, -0.2) is 0 Å². The fourth-order valence-electron chi connectivity index (χ4n) is 3.65. The van der Waals surface area contributed by atoms with Crippen molar-refractivity contribution < 1.29 is 4.79 Å². The number of rotatable bonds is 3. The molecule has 1 aliphatic carbocycles. The van der Waals surface area contributed by atoms with Gasteiger partial charge in [0.25, 0.3) is 5.91 Å². The Morgan fingerprint density at radius 1 is 1.25 bits per heavy atom. The standard InChI is InChI=1S/C17H26N2O/c1-11-8-12(2)16(13(3)9-11)17(20)19(4)15-7-5-6-14(15)10-18/h8-9,14-15H,5-7,10,18H2,1-4H3. The molecule has 1 aromatic rings. The van der Waals surface area contributed by atoms with Gasteiger partial charge in [-0.05, 0) is 57.2 Å². The lowest BCUT2D eigenvalue weighted by Crippen LogP contribution is -2.42. The van der Waals surface area contributed by atoms with Crippen molar-refractivity contribution >= 4 is 5.91 Å². The molecule has 0 aliphatic heterocycles. The quantitative estimate of drug-likeness (QED) is 0.921. The van der Waals surface area contributed by atoms with Crippen molar-refractivity contribution in [1.29, 1.82) is 0 Å². The van der Waals surface area contributed by atoms with Crippen molar-refractivity contribution in [2.45, 2.75) is 46.1 Å². The Morgan fingerprint density at radius 3 is 2.40 bits per heavy atom. The molecule has 2 atom stereocenters. The zero-order chi connectivity index (χ0) is 14.9. The van der Waals surface area contributed by atoms with E-state index in [1.807, 2.05) is 25.8 Å². The number of carbonyl (C=O) groups is 1. The van der Waals surface area contributed by atoms with E-state index < -0.39 is 0 Å². The number of hydrogen-bond donors (Lipinski definition) is 1. The fraction of sp³-hybridized carbons (Fsp3) is 0.588. The number of carbonyl (C=O) groups excluding carboxylic acids is 1. The summed E-state index contributed by atoms with van der Waals surface area (Å²) in [6, 6.07) is 4.47. The number of hydrogen-bond acceptors (Lipinski definition) is 2. The van der Waals surface area contributed by atoms with Gasteiger partial charge in [0.05, 0.1) is 0 Å². The summed E-state index contributed by atoms with van der Waals surface area (Å²) in [4.78, 5) is 14.8. The van der Waals surface area contributed by atoms with Crippen LogP contribution in [0.3, 0.4) is 0 Å². The number of nitrogens with zero attached hydrogens (tertiary/aromatic N) is 1. The predicted molar refractivity (Wildman–Crippen MR) is 82.9 cm³/mol. The summed E-state index contributed by atoms with van der Waals surface area (Å²) in [5, 5.41) is 0. The highest BCUT2D eigenvalue weighted by Gasteiger charge is 2.32. The van der Waals surface area contributed by atoms with Crippen LogP contribution in [0.15, 0.2) is 12.1 Å². The Bertz CT molecular complexity index is 487. The molecule has 2 rings (SSSR count). The van der Waals surface area contributed by atoms with Crippen LogP contribution >= 0.6 is 0 Å². The van der Waals surface area contributed by atoms with Gasteiger partial charge in [0.1, 0.15) is 0 Å². The number of nitrogens with two attached hydrogens (primary N) is 1. The third kappa shape index (κ3) is 2.73. The Kier molecular flexibility index (Phi) is 4.48. The number of aryl methyl sites for hydroxylation is 3. The van der Waals surface area contributed by atoms with Gasteiger partial charge in [-0.15, -0.1) is 0 Å². The lowest BCUT2D eigenvalue weighted by molar-refractivity contribution is 0.0698. The predicted octanol–water partition coefficient (Wildman–Crippen LogP) is 2.81. The molecule has 0 saturated heterocycles. The average Bonchev–Trinajstić information content (AvgIpc) is 2.84. The van der Waals surface area contributed by atoms with Gasteiger partial charge in [0.15, 0.2) is 0 Å². The van der Waals surface area contributed by atoms with Crippen LogP contribution < -0.4 is 5.73 Å². The van der Waals surface area contributed by atoms with Crippen LogP contribution in [0.5, 0.6) is 0 Å². The van der Waals surface area contributed by atoms with Gasteiger partial charge in [0, 0.05) is 18.7 Å². The largest absolute Gasteiger partial charge is 0.338 e. The van der Waals surface area contributed by atoms with Crippen LogP contribution in [0.1, 0.15) is 46.3 Å². The van der Waals surface area contributed by atoms with Gasteiger partial charge in [-0.1, -0.05) is 24.1 Å². The normalized spacial score (nSPS) is 22.1. The van der Waals surface area contributed by atoms with Crippen LogP contribution in [-0.2, 0) is 0 Å². The van der Waals surface area contributed by atoms with Crippen LogP contribution in [0.25, 0.3) is 0 Å². The van der Waals surface area contributed by atoms with Gasteiger partial charge in [-0.3, -0.25) is 4.79 Å². The van der Waals surface area contributed by atoms with Crippen LogP contribution in [0.4, 0.5) is 0 Å². The lowest BCUT2D eigenvalue weighted by atomic mass is 9.96. The lowest BCUT2D eigenvalue weighted by Gasteiger charge is -2.30. The summed E-state index contributed by atoms with van der Waals surface area (Å²) in [6.07, 6.45) is 3.40. The molecular formula is C17H26N2O. The molecule has 0 bridgehead atoms. The maximum Gasteiger partial charge on any atom is 0.254 e. The molecule has 2 unspecified atom stereocenters. The van der Waals surface area contributed by atoms with Crippen molar-refractivity contribution in [3.8, 4) is 0 Å². The summed E-state index contributed by atoms with van der Waals surface area (Å²) < 4.78 is 0. The van der Waals surface area contributed by atoms with E-state index in [-0.39, 0.29) is 5.91 Å². The summed E-state index contributed by atoms with van der Waals surface area (Å²) in [5.41, 5.74) is 10.1. The topological polar surface area (TPSA) is 46.3 Å². The summed E-state index contributed by atoms with van der Waals surface area (Å²) in [6.45, 7) is 6.79. The second kappa shape index (κ2) is 5.96. The fourth-order valence-corrected chi connectivity index (χ4v) is 3.65.